The summed E-state index contributed by atoms with van der Waals surface area (Å²) in [7, 11) is 0. The number of hydrogen-bond donors (Lipinski definition) is 2. The van der Waals surface area contributed by atoms with Crippen molar-refractivity contribution in [3.05, 3.63) is 83.6 Å². The van der Waals surface area contributed by atoms with Gasteiger partial charge < -0.3 is 14.6 Å². The van der Waals surface area contributed by atoms with Crippen molar-refractivity contribution in [2.24, 2.45) is 5.92 Å². The van der Waals surface area contributed by atoms with E-state index >= 15 is 0 Å². The number of H-pyrrole nitrogens is 1. The summed E-state index contributed by atoms with van der Waals surface area (Å²) >= 11 is 0. The zero-order valence-electron chi connectivity index (χ0n) is 21.7. The average molecular weight is 514 g/mol. The highest BCUT2D eigenvalue weighted by Gasteiger charge is 2.31. The first-order valence-electron chi connectivity index (χ1n) is 13.2. The van der Waals surface area contributed by atoms with Gasteiger partial charge in [-0.2, -0.15) is 5.10 Å². The average Bonchev–Trinajstić information content (AvgIpc) is 3.62. The van der Waals surface area contributed by atoms with Gasteiger partial charge in [-0.1, -0.05) is 24.3 Å². The molecule has 1 saturated heterocycles. The summed E-state index contributed by atoms with van der Waals surface area (Å²) in [6, 6.07) is 19.6. The van der Waals surface area contributed by atoms with Crippen LogP contribution in [0.1, 0.15) is 43.1 Å². The number of phenols is 1. The van der Waals surface area contributed by atoms with Gasteiger partial charge in [0.2, 0.25) is 0 Å². The van der Waals surface area contributed by atoms with Crippen LogP contribution in [0.2, 0.25) is 0 Å². The maximum Gasteiger partial charge on any atom is 0.150 e. The predicted molar refractivity (Wildman–Crippen MR) is 147 cm³/mol. The minimum absolute atomic E-state index is 0.153. The maximum absolute atomic E-state index is 13.0. The van der Waals surface area contributed by atoms with Gasteiger partial charge in [0.25, 0.3) is 0 Å². The van der Waals surface area contributed by atoms with Crippen molar-refractivity contribution in [3.8, 4) is 17.2 Å². The molecule has 0 saturated carbocycles. The lowest BCUT2D eigenvalue weighted by Crippen LogP contribution is -2.35. The summed E-state index contributed by atoms with van der Waals surface area (Å²) in [6.07, 6.45) is 2.41. The Morgan fingerprint density at radius 2 is 2.00 bits per heavy atom. The highest BCUT2D eigenvalue weighted by atomic mass is 19.1. The fourth-order valence-corrected chi connectivity index (χ4v) is 5.67. The van der Waals surface area contributed by atoms with Gasteiger partial charge in [0.05, 0.1) is 18.4 Å². The fourth-order valence-electron chi connectivity index (χ4n) is 5.67. The third-order valence-corrected chi connectivity index (χ3v) is 7.89. The molecule has 0 amide bonds. The van der Waals surface area contributed by atoms with Crippen molar-refractivity contribution in [2.75, 3.05) is 26.4 Å². The Bertz CT molecular complexity index is 1480. The molecular formula is C31H32FN3O3. The molecule has 3 aromatic carbocycles. The van der Waals surface area contributed by atoms with E-state index in [0.29, 0.717) is 6.61 Å². The van der Waals surface area contributed by atoms with Crippen molar-refractivity contribution in [1.82, 2.24) is 15.1 Å². The number of nitrogens with one attached hydrogen (secondary N) is 1. The van der Waals surface area contributed by atoms with E-state index in [1.165, 1.54) is 0 Å². The number of aromatic amines is 1. The highest BCUT2D eigenvalue weighted by molar-refractivity contribution is 6.03. The molecule has 3 atom stereocenters. The van der Waals surface area contributed by atoms with E-state index in [1.54, 1.807) is 12.1 Å². The Hall–Kier alpha value is -3.84. The molecule has 2 aliphatic heterocycles. The number of nitrogens with zero attached hydrogens (tertiary/aromatic N) is 2. The number of aromatic nitrogens is 2. The molecule has 1 unspecified atom stereocenters. The van der Waals surface area contributed by atoms with Crippen LogP contribution in [-0.2, 0) is 0 Å². The Labute approximate surface area is 221 Å². The molecule has 6 rings (SSSR count). The summed E-state index contributed by atoms with van der Waals surface area (Å²) < 4.78 is 25.7. The minimum Gasteiger partial charge on any atom is -0.508 e. The first-order chi connectivity index (χ1) is 18.5. The summed E-state index contributed by atoms with van der Waals surface area (Å²) in [5.74, 6) is 1.89. The van der Waals surface area contributed by atoms with Crippen LogP contribution in [0.4, 0.5) is 4.39 Å². The van der Waals surface area contributed by atoms with Gasteiger partial charge in [-0.3, -0.25) is 14.4 Å². The molecule has 6 nitrogen and oxygen atoms in total. The zero-order chi connectivity index (χ0) is 26.2. The zero-order valence-corrected chi connectivity index (χ0v) is 21.7. The van der Waals surface area contributed by atoms with Crippen LogP contribution in [0.3, 0.4) is 0 Å². The molecule has 0 bridgehead atoms. The lowest BCUT2D eigenvalue weighted by atomic mass is 9.85. The molecule has 0 radical (unpaired) electrons. The largest absolute Gasteiger partial charge is 0.508 e. The van der Waals surface area contributed by atoms with E-state index in [2.05, 4.69) is 35.0 Å². The number of halogens is 1. The van der Waals surface area contributed by atoms with Gasteiger partial charge in [0, 0.05) is 35.0 Å². The smallest absolute Gasteiger partial charge is 0.150 e. The second kappa shape index (κ2) is 10.1. The van der Waals surface area contributed by atoms with Gasteiger partial charge in [-0.05, 0) is 79.9 Å². The van der Waals surface area contributed by atoms with Crippen LogP contribution in [0.15, 0.2) is 66.9 Å². The molecule has 0 aliphatic carbocycles. The van der Waals surface area contributed by atoms with Gasteiger partial charge in [0.15, 0.2) is 0 Å². The number of phenolic OH excluding ortho intramolecular Hbond substituents is 1. The molecule has 2 aliphatic rings. The van der Waals surface area contributed by atoms with Gasteiger partial charge in [-0.15, -0.1) is 0 Å². The molecule has 7 heteroatoms. The third-order valence-electron chi connectivity index (χ3n) is 7.89. The Balaban J connectivity index is 1.29. The van der Waals surface area contributed by atoms with E-state index < -0.39 is 0 Å². The lowest BCUT2D eigenvalue weighted by Gasteiger charge is -2.31. The number of fused-ring (bicyclic) bond motifs is 2. The van der Waals surface area contributed by atoms with E-state index in [-0.39, 0.29) is 30.5 Å². The topological polar surface area (TPSA) is 70.6 Å². The first-order valence-corrected chi connectivity index (χ1v) is 13.2. The Kier molecular flexibility index (Phi) is 6.54. The molecule has 38 heavy (non-hydrogen) atoms. The lowest BCUT2D eigenvalue weighted by molar-refractivity contribution is 0.165. The number of likely N-dealkylation sites (tertiary alicyclic amines) is 1. The SMILES string of the molecule is CC1=C(c2cccc3[nH]ncc23)C(c2ccc(OC[C@H](C)N3CC[C@@H](CF)C3)cc2)Oc2ccc(O)cc21. The quantitative estimate of drug-likeness (QED) is 0.300. The third kappa shape index (κ3) is 4.52. The number of allylic oxidation sites excluding steroid dienone is 1. The van der Waals surface area contributed by atoms with Crippen molar-refractivity contribution in [1.29, 1.82) is 0 Å². The molecule has 3 heterocycles. The molecule has 0 spiro atoms. The van der Waals surface area contributed by atoms with Crippen molar-refractivity contribution in [3.63, 3.8) is 0 Å². The summed E-state index contributed by atoms with van der Waals surface area (Å²) in [6.45, 7) is 6.25. The van der Waals surface area contributed by atoms with Crippen LogP contribution in [0.25, 0.3) is 22.0 Å². The van der Waals surface area contributed by atoms with E-state index in [0.717, 1.165) is 69.7 Å². The number of aromatic hydroxyl groups is 1. The summed E-state index contributed by atoms with van der Waals surface area (Å²) in [4.78, 5) is 2.31. The summed E-state index contributed by atoms with van der Waals surface area (Å²) in [5, 5.41) is 18.5. The fraction of sp³-hybridized carbons (Fsp3) is 0.323. The van der Waals surface area contributed by atoms with Crippen LogP contribution in [-0.4, -0.2) is 52.6 Å². The normalized spacial score (nSPS) is 20.4. The second-order valence-corrected chi connectivity index (χ2v) is 10.4. The van der Waals surface area contributed by atoms with Gasteiger partial charge in [0.1, 0.15) is 30.0 Å². The maximum atomic E-state index is 13.0. The Morgan fingerprint density at radius 3 is 2.79 bits per heavy atom. The molecule has 2 N–H and O–H groups in total. The Morgan fingerprint density at radius 1 is 1.16 bits per heavy atom. The van der Waals surface area contributed by atoms with Crippen LogP contribution < -0.4 is 9.47 Å². The van der Waals surface area contributed by atoms with Crippen LogP contribution in [0, 0.1) is 5.92 Å². The number of alkyl halides is 1. The second-order valence-electron chi connectivity index (χ2n) is 10.4. The van der Waals surface area contributed by atoms with Gasteiger partial charge in [-0.25, -0.2) is 0 Å². The minimum atomic E-state index is -0.345. The number of hydrogen-bond acceptors (Lipinski definition) is 5. The molecule has 4 aromatic rings. The standard InChI is InChI=1S/C31H32FN3O3/c1-19(35-13-12-21(15-32)17-35)18-37-24-9-6-22(7-10-24)31-30(25-4-3-5-28-27(25)16-33-34-28)20(2)26-14-23(36)8-11-29(26)38-31/h3-11,14,16,19,21,31,36H,12-13,15,17-18H2,1-2H3,(H,33,34)/t19-,21-,31?/m0/s1. The number of rotatable bonds is 7. The monoisotopic (exact) mass is 513 g/mol. The molecule has 1 fully saturated rings. The van der Waals surface area contributed by atoms with Crippen molar-refractivity contribution >= 4 is 22.0 Å². The first kappa shape index (κ1) is 24.5. The van der Waals surface area contributed by atoms with Crippen LogP contribution in [0.5, 0.6) is 17.2 Å². The number of ether oxygens (including phenoxy) is 2. The highest BCUT2D eigenvalue weighted by Crippen LogP contribution is 2.48. The summed E-state index contributed by atoms with van der Waals surface area (Å²) in [5.41, 5.74) is 5.96. The van der Waals surface area contributed by atoms with Crippen molar-refractivity contribution in [2.45, 2.75) is 32.4 Å². The number of benzene rings is 3. The van der Waals surface area contributed by atoms with Crippen molar-refractivity contribution < 1.29 is 19.0 Å². The molecular weight excluding hydrogens is 481 g/mol. The van der Waals surface area contributed by atoms with E-state index in [9.17, 15) is 9.50 Å². The van der Waals surface area contributed by atoms with Crippen LogP contribution >= 0.6 is 0 Å². The van der Waals surface area contributed by atoms with E-state index in [1.807, 2.05) is 48.7 Å². The molecule has 196 valence electrons. The van der Waals surface area contributed by atoms with Gasteiger partial charge >= 0.3 is 0 Å². The molecule has 1 aromatic heterocycles. The predicted octanol–water partition coefficient (Wildman–Crippen LogP) is 6.39. The van der Waals surface area contributed by atoms with E-state index in [4.69, 9.17) is 9.47 Å².